The van der Waals surface area contributed by atoms with Crippen LogP contribution in [0.3, 0.4) is 0 Å². The molecule has 0 aliphatic carbocycles. The van der Waals surface area contributed by atoms with E-state index in [0.29, 0.717) is 42.4 Å². The fourth-order valence-corrected chi connectivity index (χ4v) is 3.16. The number of nitrogens with one attached hydrogen (secondary N) is 1. The molecule has 8 nitrogen and oxygen atoms in total. The highest BCUT2D eigenvalue weighted by Crippen LogP contribution is 2.22. The lowest BCUT2D eigenvalue weighted by molar-refractivity contribution is 0.0766. The van der Waals surface area contributed by atoms with E-state index in [1.807, 2.05) is 13.0 Å². The first-order valence-corrected chi connectivity index (χ1v) is 8.74. The van der Waals surface area contributed by atoms with Gasteiger partial charge in [0, 0.05) is 37.8 Å². The first-order chi connectivity index (χ1) is 13.0. The number of furan rings is 1. The molecule has 3 aromatic heterocycles. The van der Waals surface area contributed by atoms with Gasteiger partial charge in [-0.25, -0.2) is 0 Å². The summed E-state index contributed by atoms with van der Waals surface area (Å²) in [4.78, 5) is 26.3. The number of likely N-dealkylation sites (tertiary alicyclic amines) is 1. The zero-order chi connectivity index (χ0) is 19.0. The van der Waals surface area contributed by atoms with Crippen molar-refractivity contribution in [2.75, 3.05) is 13.1 Å². The fourth-order valence-electron chi connectivity index (χ4n) is 3.16. The number of aromatic amines is 1. The Balaban J connectivity index is 1.42. The van der Waals surface area contributed by atoms with Crippen LogP contribution in [0.1, 0.15) is 22.6 Å². The monoisotopic (exact) mass is 368 g/mol. The van der Waals surface area contributed by atoms with Gasteiger partial charge in [0.25, 0.3) is 11.5 Å². The van der Waals surface area contributed by atoms with Gasteiger partial charge in [0.2, 0.25) is 0 Å². The average molecular weight is 368 g/mol. The molecule has 27 heavy (non-hydrogen) atoms. The summed E-state index contributed by atoms with van der Waals surface area (Å²) in [6.07, 6.45) is 2.12. The highest BCUT2D eigenvalue weighted by atomic mass is 16.5. The van der Waals surface area contributed by atoms with Crippen molar-refractivity contribution in [3.63, 3.8) is 0 Å². The summed E-state index contributed by atoms with van der Waals surface area (Å²) in [5.74, 6) is 1.01. The lowest BCUT2D eigenvalue weighted by Crippen LogP contribution is -2.31. The van der Waals surface area contributed by atoms with Gasteiger partial charge >= 0.3 is 0 Å². The summed E-state index contributed by atoms with van der Waals surface area (Å²) in [5.41, 5.74) is 1.71. The van der Waals surface area contributed by atoms with Crippen LogP contribution in [-0.4, -0.2) is 44.8 Å². The summed E-state index contributed by atoms with van der Waals surface area (Å²) in [6.45, 7) is 2.89. The van der Waals surface area contributed by atoms with E-state index in [1.165, 1.54) is 6.07 Å². The Labute approximate surface area is 155 Å². The van der Waals surface area contributed by atoms with Crippen LogP contribution in [0.4, 0.5) is 0 Å². The maximum atomic E-state index is 12.7. The Kier molecular flexibility index (Phi) is 4.31. The topological polar surface area (TPSA) is 93.4 Å². The molecule has 3 aromatic rings. The number of carbonyl (C=O) groups is 1. The highest BCUT2D eigenvalue weighted by Gasteiger charge is 2.30. The first-order valence-electron chi connectivity index (χ1n) is 8.74. The Morgan fingerprint density at radius 1 is 1.37 bits per heavy atom. The summed E-state index contributed by atoms with van der Waals surface area (Å²) in [7, 11) is 1.72. The third-order valence-electron chi connectivity index (χ3n) is 4.80. The van der Waals surface area contributed by atoms with Crippen LogP contribution in [0, 0.1) is 6.92 Å². The van der Waals surface area contributed by atoms with Gasteiger partial charge in [-0.2, -0.15) is 5.10 Å². The van der Waals surface area contributed by atoms with Gasteiger partial charge in [-0.15, -0.1) is 0 Å². The SMILES string of the molecule is Cc1cc(OC2CCN(C(=O)c3cc(-c4ccco4)[nH]n3)C2)cc(=O)n1C. The number of nitrogens with zero attached hydrogens (tertiary/aromatic N) is 3. The molecule has 1 amide bonds. The average Bonchev–Trinajstić information content (AvgIpc) is 3.38. The smallest absolute Gasteiger partial charge is 0.274 e. The van der Waals surface area contributed by atoms with E-state index in [4.69, 9.17) is 9.15 Å². The van der Waals surface area contributed by atoms with Crippen LogP contribution in [0.15, 0.2) is 45.8 Å². The Bertz CT molecular complexity index is 1020. The Hall–Kier alpha value is -3.29. The fraction of sp³-hybridized carbons (Fsp3) is 0.316. The zero-order valence-corrected chi connectivity index (χ0v) is 15.1. The van der Waals surface area contributed by atoms with Gasteiger partial charge in [0.1, 0.15) is 17.5 Å². The minimum absolute atomic E-state index is 0.113. The van der Waals surface area contributed by atoms with Crippen molar-refractivity contribution in [3.8, 4) is 17.2 Å². The molecule has 140 valence electrons. The quantitative estimate of drug-likeness (QED) is 0.760. The third kappa shape index (κ3) is 3.38. The van der Waals surface area contributed by atoms with Crippen LogP contribution >= 0.6 is 0 Å². The number of pyridine rings is 1. The van der Waals surface area contributed by atoms with Crippen LogP contribution < -0.4 is 10.3 Å². The predicted molar refractivity (Wildman–Crippen MR) is 97.6 cm³/mol. The molecule has 0 bridgehead atoms. The molecular formula is C19H20N4O4. The lowest BCUT2D eigenvalue weighted by atomic mass is 10.3. The van der Waals surface area contributed by atoms with Crippen molar-refractivity contribution in [2.24, 2.45) is 7.05 Å². The number of amides is 1. The Morgan fingerprint density at radius 3 is 2.96 bits per heavy atom. The van der Waals surface area contributed by atoms with Crippen molar-refractivity contribution >= 4 is 5.91 Å². The third-order valence-corrected chi connectivity index (χ3v) is 4.80. The molecule has 1 unspecified atom stereocenters. The number of hydrogen-bond acceptors (Lipinski definition) is 5. The summed E-state index contributed by atoms with van der Waals surface area (Å²) in [5, 5.41) is 6.92. The second kappa shape index (κ2) is 6.79. The standard InChI is InChI=1S/C19H20N4O4/c1-12-8-14(9-18(24)22(12)2)27-13-5-6-23(11-13)19(25)16-10-15(20-21-16)17-4-3-7-26-17/h3-4,7-10,13H,5-6,11H2,1-2H3,(H,20,21). The maximum Gasteiger partial charge on any atom is 0.274 e. The number of rotatable bonds is 4. The summed E-state index contributed by atoms with van der Waals surface area (Å²) < 4.78 is 12.8. The molecule has 1 fully saturated rings. The number of carbonyl (C=O) groups excluding carboxylic acids is 1. The molecule has 0 spiro atoms. The van der Waals surface area contributed by atoms with E-state index in [-0.39, 0.29) is 17.6 Å². The van der Waals surface area contributed by atoms with E-state index in [0.717, 1.165) is 5.69 Å². The van der Waals surface area contributed by atoms with Crippen LogP contribution in [0.5, 0.6) is 5.75 Å². The van der Waals surface area contributed by atoms with Crippen molar-refractivity contribution in [1.29, 1.82) is 0 Å². The Morgan fingerprint density at radius 2 is 2.22 bits per heavy atom. The molecule has 1 N–H and O–H groups in total. The molecule has 4 heterocycles. The maximum absolute atomic E-state index is 12.7. The summed E-state index contributed by atoms with van der Waals surface area (Å²) in [6, 6.07) is 8.56. The number of aryl methyl sites for hydroxylation is 1. The van der Waals surface area contributed by atoms with Crippen LogP contribution in [-0.2, 0) is 7.05 Å². The van der Waals surface area contributed by atoms with E-state index in [1.54, 1.807) is 41.0 Å². The molecule has 1 atom stereocenters. The van der Waals surface area contributed by atoms with Crippen molar-refractivity contribution < 1.29 is 13.9 Å². The predicted octanol–water partition coefficient (Wildman–Crippen LogP) is 1.97. The van der Waals surface area contributed by atoms with Gasteiger partial charge in [0.05, 0.1) is 12.8 Å². The second-order valence-electron chi connectivity index (χ2n) is 6.65. The minimum Gasteiger partial charge on any atom is -0.488 e. The minimum atomic E-state index is -0.157. The van der Waals surface area contributed by atoms with Crippen LogP contribution in [0.2, 0.25) is 0 Å². The van der Waals surface area contributed by atoms with E-state index in [9.17, 15) is 9.59 Å². The molecule has 1 aliphatic heterocycles. The van der Waals surface area contributed by atoms with Crippen molar-refractivity contribution in [2.45, 2.75) is 19.4 Å². The van der Waals surface area contributed by atoms with Crippen LogP contribution in [0.25, 0.3) is 11.5 Å². The number of aromatic nitrogens is 3. The van der Waals surface area contributed by atoms with E-state index < -0.39 is 0 Å². The van der Waals surface area contributed by atoms with Gasteiger partial charge in [-0.05, 0) is 25.1 Å². The molecule has 4 rings (SSSR count). The second-order valence-corrected chi connectivity index (χ2v) is 6.65. The molecule has 0 saturated carbocycles. The zero-order valence-electron chi connectivity index (χ0n) is 15.1. The van der Waals surface area contributed by atoms with Gasteiger partial charge in [0.15, 0.2) is 11.5 Å². The lowest BCUT2D eigenvalue weighted by Gasteiger charge is -2.17. The normalized spacial score (nSPS) is 16.7. The van der Waals surface area contributed by atoms with Crippen molar-refractivity contribution in [1.82, 2.24) is 19.7 Å². The molecule has 1 aliphatic rings. The molecule has 0 aromatic carbocycles. The van der Waals surface area contributed by atoms with Gasteiger partial charge in [-0.1, -0.05) is 0 Å². The highest BCUT2D eigenvalue weighted by molar-refractivity contribution is 5.93. The number of hydrogen-bond donors (Lipinski definition) is 1. The van der Waals surface area contributed by atoms with Crippen molar-refractivity contribution in [3.05, 3.63) is 58.3 Å². The van der Waals surface area contributed by atoms with Gasteiger partial charge < -0.3 is 18.6 Å². The molecule has 8 heteroatoms. The first kappa shape index (κ1) is 17.1. The molecule has 1 saturated heterocycles. The largest absolute Gasteiger partial charge is 0.488 e. The van der Waals surface area contributed by atoms with E-state index >= 15 is 0 Å². The number of ether oxygens (including phenoxy) is 1. The summed E-state index contributed by atoms with van der Waals surface area (Å²) >= 11 is 0. The molecule has 0 radical (unpaired) electrons. The molecular weight excluding hydrogens is 348 g/mol. The van der Waals surface area contributed by atoms with E-state index in [2.05, 4.69) is 10.2 Å². The number of H-pyrrole nitrogens is 1. The van der Waals surface area contributed by atoms with Gasteiger partial charge in [-0.3, -0.25) is 14.7 Å².